The number of piperazine rings is 1. The minimum Gasteiger partial charge on any atom is -0.335 e. The number of benzene rings is 4. The molecule has 6 nitrogen and oxygen atoms in total. The van der Waals surface area contributed by atoms with Gasteiger partial charge in [0.05, 0.1) is 21.8 Å². The fraction of sp³-hybridized carbons (Fsp3) is 0.162. The van der Waals surface area contributed by atoms with Gasteiger partial charge in [-0.3, -0.25) is 19.1 Å². The summed E-state index contributed by atoms with van der Waals surface area (Å²) in [5.41, 5.74) is -0.837. The van der Waals surface area contributed by atoms with Gasteiger partial charge in [-0.1, -0.05) is 91.0 Å². The summed E-state index contributed by atoms with van der Waals surface area (Å²) < 4.78 is 57.4. The van der Waals surface area contributed by atoms with E-state index in [2.05, 4.69) is 4.90 Å². The van der Waals surface area contributed by atoms with Crippen LogP contribution in [-0.4, -0.2) is 46.5 Å². The lowest BCUT2D eigenvalue weighted by atomic mass is 9.96. The lowest BCUT2D eigenvalue weighted by Crippen LogP contribution is -2.50. The monoisotopic (exact) mass is 668 g/mol. The highest BCUT2D eigenvalue weighted by Gasteiger charge is 2.35. The molecule has 1 aliphatic heterocycles. The van der Waals surface area contributed by atoms with Crippen molar-refractivity contribution in [2.75, 3.05) is 26.2 Å². The van der Waals surface area contributed by atoms with Gasteiger partial charge in [-0.05, 0) is 35.4 Å². The fourth-order valence-electron chi connectivity index (χ4n) is 5.92. The number of carbonyl (C=O) groups excluding carboxylic acids is 1. The van der Waals surface area contributed by atoms with Crippen LogP contribution in [0.1, 0.15) is 28.3 Å². The zero-order valence-corrected chi connectivity index (χ0v) is 26.2. The van der Waals surface area contributed by atoms with Gasteiger partial charge in [0.15, 0.2) is 5.57 Å². The Hall–Kier alpha value is -5.31. The second kappa shape index (κ2) is 13.8. The Morgan fingerprint density at radius 2 is 1.38 bits per heavy atom. The summed E-state index contributed by atoms with van der Waals surface area (Å²) in [6.07, 6.45) is -3.63. The standard InChI is InChI=1S/C37H28F4N4O2S/c38-30-17-9-7-15-27(30)23-32-35(47)45(31-18-10-8-16-29(31)37(39,40)41)36(48-32)28(24-42)34(46)44-21-19-43(20-22-44)33(25-11-3-1-4-12-25)26-13-5-2-6-14-26/h1-18,23,33H,19-22H2/b32-23-,36-28-. The molecule has 242 valence electrons. The van der Waals surface area contributed by atoms with Crippen LogP contribution in [0.25, 0.3) is 17.3 Å². The van der Waals surface area contributed by atoms with E-state index in [9.17, 15) is 32.4 Å². The Balaban J connectivity index is 1.42. The molecule has 48 heavy (non-hydrogen) atoms. The SMILES string of the molecule is N#C/C(C(=O)N1CCN(C(c2ccccc2)c2ccccc2)CC1)=c1/s/c(=C\c2ccccc2F)c(=O)n1-c1ccccc1C(F)(F)F. The van der Waals surface area contributed by atoms with Crippen LogP contribution in [0.2, 0.25) is 0 Å². The van der Waals surface area contributed by atoms with E-state index in [0.29, 0.717) is 24.4 Å². The summed E-state index contributed by atoms with van der Waals surface area (Å²) in [5.74, 6) is -1.35. The second-order valence-corrected chi connectivity index (χ2v) is 12.2. The molecule has 0 atom stereocenters. The van der Waals surface area contributed by atoms with Gasteiger partial charge >= 0.3 is 6.18 Å². The van der Waals surface area contributed by atoms with Crippen molar-refractivity contribution in [2.45, 2.75) is 12.2 Å². The number of hydrogen-bond donors (Lipinski definition) is 0. The Morgan fingerprint density at radius 3 is 1.96 bits per heavy atom. The van der Waals surface area contributed by atoms with Crippen LogP contribution < -0.4 is 14.8 Å². The number of aromatic nitrogens is 1. The van der Waals surface area contributed by atoms with E-state index in [4.69, 9.17) is 0 Å². The lowest BCUT2D eigenvalue weighted by molar-refractivity contribution is -0.137. The quantitative estimate of drug-likeness (QED) is 0.225. The average Bonchev–Trinajstić information content (AvgIpc) is 3.41. The third-order valence-corrected chi connectivity index (χ3v) is 9.29. The third-order valence-electron chi connectivity index (χ3n) is 8.20. The molecule has 0 aliphatic carbocycles. The van der Waals surface area contributed by atoms with E-state index < -0.39 is 40.3 Å². The predicted octanol–water partition coefficient (Wildman–Crippen LogP) is 5.49. The van der Waals surface area contributed by atoms with Crippen molar-refractivity contribution in [2.24, 2.45) is 0 Å². The molecule has 0 unspecified atom stereocenters. The average molecular weight is 669 g/mol. The van der Waals surface area contributed by atoms with Gasteiger partial charge < -0.3 is 4.90 Å². The summed E-state index contributed by atoms with van der Waals surface area (Å²) in [4.78, 5) is 31.5. The summed E-state index contributed by atoms with van der Waals surface area (Å²) in [6.45, 7) is 1.39. The highest BCUT2D eigenvalue weighted by atomic mass is 32.1. The van der Waals surface area contributed by atoms with Crippen LogP contribution in [0, 0.1) is 17.1 Å². The highest BCUT2D eigenvalue weighted by molar-refractivity contribution is 7.07. The predicted molar refractivity (Wildman–Crippen MR) is 176 cm³/mol. The number of amides is 1. The molecule has 2 heterocycles. The van der Waals surface area contributed by atoms with Crippen LogP contribution in [-0.2, 0) is 11.0 Å². The number of halogens is 4. The van der Waals surface area contributed by atoms with Crippen LogP contribution in [0.15, 0.2) is 114 Å². The molecule has 1 fully saturated rings. The maximum atomic E-state index is 14.6. The topological polar surface area (TPSA) is 69.3 Å². The normalized spacial score (nSPS) is 15.0. The number of carbonyl (C=O) groups is 1. The molecule has 0 saturated carbocycles. The van der Waals surface area contributed by atoms with E-state index >= 15 is 0 Å². The highest BCUT2D eigenvalue weighted by Crippen LogP contribution is 2.33. The van der Waals surface area contributed by atoms with Gasteiger partial charge in [-0.2, -0.15) is 18.4 Å². The Bertz CT molecular complexity index is 2130. The van der Waals surface area contributed by atoms with Crippen molar-refractivity contribution in [1.82, 2.24) is 14.4 Å². The van der Waals surface area contributed by atoms with E-state index in [1.54, 1.807) is 6.07 Å². The number of alkyl halides is 3. The summed E-state index contributed by atoms with van der Waals surface area (Å²) in [5, 5.41) is 10.3. The largest absolute Gasteiger partial charge is 0.418 e. The molecular weight excluding hydrogens is 640 g/mol. The Morgan fingerprint density at radius 1 is 0.812 bits per heavy atom. The number of hydrogen-bond acceptors (Lipinski definition) is 5. The molecule has 6 rings (SSSR count). The van der Waals surface area contributed by atoms with Crippen molar-refractivity contribution in [1.29, 1.82) is 5.26 Å². The molecule has 4 aromatic carbocycles. The van der Waals surface area contributed by atoms with Crippen LogP contribution in [0.5, 0.6) is 0 Å². The summed E-state index contributed by atoms with van der Waals surface area (Å²) in [7, 11) is 0. The zero-order chi connectivity index (χ0) is 33.8. The minimum absolute atomic E-state index is 0.0333. The second-order valence-electron chi connectivity index (χ2n) is 11.1. The van der Waals surface area contributed by atoms with Gasteiger partial charge in [-0.25, -0.2) is 4.39 Å². The van der Waals surface area contributed by atoms with E-state index in [0.717, 1.165) is 27.8 Å². The van der Waals surface area contributed by atoms with Crippen LogP contribution >= 0.6 is 11.3 Å². The van der Waals surface area contributed by atoms with Crippen molar-refractivity contribution < 1.29 is 22.4 Å². The minimum atomic E-state index is -4.84. The van der Waals surface area contributed by atoms with Gasteiger partial charge in [0.1, 0.15) is 16.5 Å². The molecule has 5 aromatic rings. The lowest BCUT2D eigenvalue weighted by Gasteiger charge is -2.39. The maximum Gasteiger partial charge on any atom is 0.418 e. The molecule has 1 saturated heterocycles. The zero-order valence-electron chi connectivity index (χ0n) is 25.4. The summed E-state index contributed by atoms with van der Waals surface area (Å²) in [6, 6.07) is 31.8. The number of rotatable bonds is 6. The van der Waals surface area contributed by atoms with Crippen molar-refractivity contribution in [3.8, 4) is 11.8 Å². The smallest absolute Gasteiger partial charge is 0.335 e. The first kappa shape index (κ1) is 32.6. The molecule has 11 heteroatoms. The molecule has 1 aromatic heterocycles. The number of nitrogens with zero attached hydrogens (tertiary/aromatic N) is 4. The molecule has 0 radical (unpaired) electrons. The maximum absolute atomic E-state index is 14.6. The number of thiazole rings is 1. The molecular formula is C37H28F4N4O2S. The van der Waals surface area contributed by atoms with E-state index in [1.165, 1.54) is 41.3 Å². The van der Waals surface area contributed by atoms with Gasteiger partial charge in [0, 0.05) is 31.7 Å². The van der Waals surface area contributed by atoms with E-state index in [1.807, 2.05) is 66.7 Å². The van der Waals surface area contributed by atoms with Crippen LogP contribution in [0.3, 0.4) is 0 Å². The fourth-order valence-corrected chi connectivity index (χ4v) is 7.00. The Kier molecular flexibility index (Phi) is 9.39. The third kappa shape index (κ3) is 6.58. The molecule has 0 N–H and O–H groups in total. The summed E-state index contributed by atoms with van der Waals surface area (Å²) >= 11 is 0.672. The van der Waals surface area contributed by atoms with Crippen molar-refractivity contribution in [3.63, 3.8) is 0 Å². The van der Waals surface area contributed by atoms with Crippen molar-refractivity contribution in [3.05, 3.63) is 157 Å². The van der Waals surface area contributed by atoms with Gasteiger partial charge in [-0.15, -0.1) is 11.3 Å². The first-order valence-electron chi connectivity index (χ1n) is 15.1. The molecule has 1 aliphatic rings. The first-order chi connectivity index (χ1) is 23.2. The first-order valence-corrected chi connectivity index (χ1v) is 15.9. The number of nitriles is 1. The van der Waals surface area contributed by atoms with E-state index in [-0.39, 0.29) is 33.9 Å². The van der Waals surface area contributed by atoms with Crippen molar-refractivity contribution >= 4 is 28.9 Å². The van der Waals surface area contributed by atoms with Crippen LogP contribution in [0.4, 0.5) is 17.6 Å². The van der Waals surface area contributed by atoms with Gasteiger partial charge in [0.2, 0.25) is 0 Å². The molecule has 0 spiro atoms. The Labute approximate surface area is 277 Å². The molecule has 0 bridgehead atoms. The number of para-hydroxylation sites is 1. The molecule has 1 amide bonds. The van der Waals surface area contributed by atoms with Gasteiger partial charge in [0.25, 0.3) is 11.5 Å².